The molecule has 4 nitrogen and oxygen atoms in total. The van der Waals surface area contributed by atoms with E-state index in [1.54, 1.807) is 14.2 Å². The molecular formula is C32H24N2O2. The number of hydrogen-bond acceptors (Lipinski definition) is 4. The monoisotopic (exact) mass is 468 g/mol. The van der Waals surface area contributed by atoms with Crippen LogP contribution >= 0.6 is 0 Å². The Morgan fingerprint density at radius 2 is 0.944 bits per heavy atom. The van der Waals surface area contributed by atoms with Crippen LogP contribution in [0.15, 0.2) is 97.1 Å². The van der Waals surface area contributed by atoms with E-state index in [2.05, 4.69) is 60.7 Å². The third kappa shape index (κ3) is 4.11. The van der Waals surface area contributed by atoms with Crippen LogP contribution in [0, 0.1) is 22.7 Å². The molecule has 0 saturated carbocycles. The first-order valence-corrected chi connectivity index (χ1v) is 11.7. The molecule has 5 rings (SSSR count). The molecule has 0 unspecified atom stereocenters. The Morgan fingerprint density at radius 1 is 0.528 bits per heavy atom. The highest BCUT2D eigenvalue weighted by atomic mass is 16.5. The zero-order chi connectivity index (χ0) is 25.1. The SMILES string of the molecule is COc1ccc2ccc(C(c3ccc(C(C#N)C#N)cc3)c3ccc4ccc(OC)ccc3-4)c-2cc1. The Labute approximate surface area is 211 Å². The Kier molecular flexibility index (Phi) is 6.27. The number of fused-ring (bicyclic) bond motifs is 2. The van der Waals surface area contributed by atoms with Crippen LogP contribution in [0.3, 0.4) is 0 Å². The maximum absolute atomic E-state index is 9.33. The van der Waals surface area contributed by atoms with Gasteiger partial charge >= 0.3 is 0 Å². The fourth-order valence-corrected chi connectivity index (χ4v) is 4.87. The summed E-state index contributed by atoms with van der Waals surface area (Å²) in [6.45, 7) is 0. The molecule has 4 aliphatic carbocycles. The van der Waals surface area contributed by atoms with Crippen LogP contribution < -0.4 is 9.47 Å². The van der Waals surface area contributed by atoms with Crippen molar-refractivity contribution in [3.05, 3.63) is 119 Å². The van der Waals surface area contributed by atoms with Gasteiger partial charge < -0.3 is 9.47 Å². The Balaban J connectivity index is 1.71. The second-order valence-electron chi connectivity index (χ2n) is 8.65. The van der Waals surface area contributed by atoms with Gasteiger partial charge in [0.1, 0.15) is 11.5 Å². The Morgan fingerprint density at radius 3 is 1.39 bits per heavy atom. The van der Waals surface area contributed by atoms with E-state index in [0.717, 1.165) is 39.3 Å². The first-order chi connectivity index (χ1) is 17.7. The van der Waals surface area contributed by atoms with E-state index in [1.165, 1.54) is 11.1 Å². The predicted octanol–water partition coefficient (Wildman–Crippen LogP) is 7.22. The van der Waals surface area contributed by atoms with E-state index in [1.807, 2.05) is 48.5 Å². The van der Waals surface area contributed by atoms with Crippen molar-refractivity contribution in [3.8, 4) is 45.9 Å². The molecule has 174 valence electrons. The van der Waals surface area contributed by atoms with Gasteiger partial charge in [-0.2, -0.15) is 10.5 Å². The molecule has 1 aromatic rings. The lowest BCUT2D eigenvalue weighted by molar-refractivity contribution is 0.415. The summed E-state index contributed by atoms with van der Waals surface area (Å²) in [6.07, 6.45) is 0. The third-order valence-corrected chi connectivity index (χ3v) is 6.77. The van der Waals surface area contributed by atoms with E-state index in [4.69, 9.17) is 9.47 Å². The highest BCUT2D eigenvalue weighted by Gasteiger charge is 2.26. The average Bonchev–Trinajstić information content (AvgIpc) is 3.35. The molecule has 36 heavy (non-hydrogen) atoms. The van der Waals surface area contributed by atoms with Crippen molar-refractivity contribution in [3.63, 3.8) is 0 Å². The van der Waals surface area contributed by atoms with Gasteiger partial charge in [0.15, 0.2) is 5.92 Å². The van der Waals surface area contributed by atoms with Crippen molar-refractivity contribution in [2.45, 2.75) is 11.8 Å². The first kappa shape index (κ1) is 23.0. The molecule has 4 aliphatic rings. The van der Waals surface area contributed by atoms with Crippen LogP contribution in [-0.2, 0) is 0 Å². The molecule has 0 aromatic heterocycles. The van der Waals surface area contributed by atoms with E-state index in [9.17, 15) is 10.5 Å². The van der Waals surface area contributed by atoms with Crippen LogP contribution in [0.5, 0.6) is 11.5 Å². The highest BCUT2D eigenvalue weighted by molar-refractivity contribution is 5.78. The van der Waals surface area contributed by atoms with Crippen molar-refractivity contribution < 1.29 is 9.47 Å². The molecule has 0 saturated heterocycles. The topological polar surface area (TPSA) is 66.0 Å². The molecule has 0 heterocycles. The van der Waals surface area contributed by atoms with E-state index in [0.29, 0.717) is 5.56 Å². The molecule has 0 bridgehead atoms. The van der Waals surface area contributed by atoms with E-state index >= 15 is 0 Å². The minimum Gasteiger partial charge on any atom is -0.497 e. The lowest BCUT2D eigenvalue weighted by Crippen LogP contribution is -2.04. The molecule has 0 radical (unpaired) electrons. The van der Waals surface area contributed by atoms with Gasteiger partial charge in [0, 0.05) is 5.92 Å². The molecule has 0 aliphatic heterocycles. The van der Waals surface area contributed by atoms with Gasteiger partial charge in [0.05, 0.1) is 26.4 Å². The Hall–Kier alpha value is -4.80. The maximum Gasteiger partial charge on any atom is 0.158 e. The van der Waals surface area contributed by atoms with E-state index < -0.39 is 5.92 Å². The minimum absolute atomic E-state index is 0.0570. The van der Waals surface area contributed by atoms with Crippen LogP contribution in [0.1, 0.15) is 34.1 Å². The number of nitriles is 2. The molecule has 0 fully saturated rings. The summed E-state index contributed by atoms with van der Waals surface area (Å²) in [5, 5.41) is 18.7. The van der Waals surface area contributed by atoms with Crippen molar-refractivity contribution in [2.24, 2.45) is 0 Å². The van der Waals surface area contributed by atoms with Crippen LogP contribution in [-0.4, -0.2) is 14.2 Å². The first-order valence-electron chi connectivity index (χ1n) is 11.7. The number of rotatable bonds is 6. The number of methoxy groups -OCH3 is 2. The van der Waals surface area contributed by atoms with Gasteiger partial charge in [-0.25, -0.2) is 0 Å². The van der Waals surface area contributed by atoms with Crippen LogP contribution in [0.2, 0.25) is 0 Å². The highest BCUT2D eigenvalue weighted by Crippen LogP contribution is 2.45. The number of ether oxygens (including phenoxy) is 2. The molecule has 0 N–H and O–H groups in total. The van der Waals surface area contributed by atoms with Gasteiger partial charge in [0.25, 0.3) is 0 Å². The lowest BCUT2D eigenvalue weighted by Gasteiger charge is -2.20. The summed E-state index contributed by atoms with van der Waals surface area (Å²) in [5.41, 5.74) is 8.70. The fraction of sp³-hybridized carbons (Fsp3) is 0.125. The summed E-state index contributed by atoms with van der Waals surface area (Å²) < 4.78 is 10.9. The second-order valence-corrected chi connectivity index (χ2v) is 8.65. The number of nitrogens with zero attached hydrogens (tertiary/aromatic N) is 2. The van der Waals surface area contributed by atoms with Crippen molar-refractivity contribution in [2.75, 3.05) is 14.2 Å². The maximum atomic E-state index is 9.33. The minimum atomic E-state index is -0.782. The van der Waals surface area contributed by atoms with Gasteiger partial charge in [-0.1, -0.05) is 72.8 Å². The quantitative estimate of drug-likeness (QED) is 0.264. The zero-order valence-corrected chi connectivity index (χ0v) is 20.1. The molecule has 1 aromatic carbocycles. The summed E-state index contributed by atoms with van der Waals surface area (Å²) >= 11 is 0. The molecule has 0 atom stereocenters. The van der Waals surface area contributed by atoms with E-state index in [-0.39, 0.29) is 5.92 Å². The van der Waals surface area contributed by atoms with Gasteiger partial charge in [-0.3, -0.25) is 0 Å². The Bertz CT molecular complexity index is 1450. The standard InChI is InChI=1S/C32H24N2O2/c1-35-26-11-7-22-9-15-30(28(22)17-13-26)32(24-5-3-21(4-6-24)25(19-33)20-34)31-16-10-23-8-12-27(36-2)14-18-29(23)31/h3-18,25,32H,1-2H3. The summed E-state index contributed by atoms with van der Waals surface area (Å²) in [5.74, 6) is 0.762. The summed E-state index contributed by atoms with van der Waals surface area (Å²) in [7, 11) is 3.34. The number of benzene rings is 1. The smallest absolute Gasteiger partial charge is 0.158 e. The molecular weight excluding hydrogens is 444 g/mol. The lowest BCUT2D eigenvalue weighted by atomic mass is 9.82. The normalized spacial score (nSPS) is 10.9. The van der Waals surface area contributed by atoms with Gasteiger partial charge in [-0.05, 0) is 68.8 Å². The largest absolute Gasteiger partial charge is 0.497 e. The van der Waals surface area contributed by atoms with Crippen molar-refractivity contribution >= 4 is 0 Å². The summed E-state index contributed by atoms with van der Waals surface area (Å²) in [4.78, 5) is 0. The van der Waals surface area contributed by atoms with Crippen molar-refractivity contribution in [1.82, 2.24) is 0 Å². The van der Waals surface area contributed by atoms with Gasteiger partial charge in [0.2, 0.25) is 0 Å². The zero-order valence-electron chi connectivity index (χ0n) is 20.1. The van der Waals surface area contributed by atoms with Crippen LogP contribution in [0.4, 0.5) is 0 Å². The molecule has 4 heteroatoms. The predicted molar refractivity (Wildman–Crippen MR) is 141 cm³/mol. The third-order valence-electron chi connectivity index (χ3n) is 6.77. The van der Waals surface area contributed by atoms with Crippen LogP contribution in [0.25, 0.3) is 22.3 Å². The van der Waals surface area contributed by atoms with Crippen molar-refractivity contribution in [1.29, 1.82) is 10.5 Å². The average molecular weight is 469 g/mol. The molecule has 0 amide bonds. The molecule has 0 spiro atoms. The fourth-order valence-electron chi connectivity index (χ4n) is 4.87. The second kappa shape index (κ2) is 9.82. The summed E-state index contributed by atoms with van der Waals surface area (Å²) in [6, 6.07) is 36.9. The van der Waals surface area contributed by atoms with Gasteiger partial charge in [-0.15, -0.1) is 0 Å². The number of hydrogen-bond donors (Lipinski definition) is 0.